The van der Waals surface area contributed by atoms with E-state index in [9.17, 15) is 0 Å². The van der Waals surface area contributed by atoms with Gasteiger partial charge in [0, 0.05) is 50.4 Å². The topological polar surface area (TPSA) is 41.1 Å². The number of nitrogens with zero attached hydrogens (tertiary/aromatic N) is 3. The predicted octanol–water partition coefficient (Wildman–Crippen LogP) is 4.28. The molecule has 2 saturated heterocycles. The fourth-order valence-corrected chi connectivity index (χ4v) is 3.01. The van der Waals surface area contributed by atoms with Crippen LogP contribution in [0.15, 0.2) is 48.8 Å². The third kappa shape index (κ3) is 6.74. The van der Waals surface area contributed by atoms with Crippen LogP contribution in [0, 0.1) is 11.8 Å². The Morgan fingerprint density at radius 1 is 0.889 bits per heavy atom. The molecule has 6 heteroatoms. The van der Waals surface area contributed by atoms with Crippen LogP contribution in [0.1, 0.15) is 11.1 Å². The Hall–Kier alpha value is -1.72. The Morgan fingerprint density at radius 3 is 1.78 bits per heavy atom. The number of rotatable bonds is 4. The zero-order valence-electron chi connectivity index (χ0n) is 15.4. The van der Waals surface area contributed by atoms with Gasteiger partial charge in [-0.15, -0.1) is 0 Å². The first-order valence-electron chi connectivity index (χ1n) is 9.07. The average Bonchev–Trinajstić information content (AvgIpc) is 2.60. The molecule has 0 spiro atoms. The second kappa shape index (κ2) is 10.00. The lowest BCUT2D eigenvalue weighted by Gasteiger charge is -2.34. The highest BCUT2D eigenvalue weighted by atomic mass is 35.5. The van der Waals surface area contributed by atoms with E-state index in [4.69, 9.17) is 23.2 Å². The van der Waals surface area contributed by atoms with Gasteiger partial charge in [-0.25, -0.2) is 9.97 Å². The summed E-state index contributed by atoms with van der Waals surface area (Å²) in [7, 11) is 2.13. The summed E-state index contributed by atoms with van der Waals surface area (Å²) >= 11 is 11.4. The molecule has 2 aliphatic heterocycles. The van der Waals surface area contributed by atoms with Gasteiger partial charge in [0.1, 0.15) is 10.3 Å². The highest BCUT2D eigenvalue weighted by molar-refractivity contribution is 6.29. The van der Waals surface area contributed by atoms with Crippen molar-refractivity contribution < 1.29 is 0 Å². The van der Waals surface area contributed by atoms with Crippen molar-refractivity contribution in [3.05, 3.63) is 70.2 Å². The number of hydrogen-bond donors (Lipinski definition) is 1. The van der Waals surface area contributed by atoms with E-state index in [-0.39, 0.29) is 0 Å². The summed E-state index contributed by atoms with van der Waals surface area (Å²) in [6.45, 7) is 4.52. The van der Waals surface area contributed by atoms with Crippen LogP contribution in [-0.2, 0) is 0 Å². The third-order valence-electron chi connectivity index (χ3n) is 4.53. The molecule has 2 fully saturated rings. The molecule has 1 N–H and O–H groups in total. The number of nitrogens with one attached hydrogen (secondary N) is 1. The van der Waals surface area contributed by atoms with Crippen LogP contribution in [0.3, 0.4) is 0 Å². The molecular weight excluding hydrogens is 379 g/mol. The molecule has 2 aromatic rings. The molecule has 4 heterocycles. The molecule has 4 rings (SSSR count). The summed E-state index contributed by atoms with van der Waals surface area (Å²) in [5, 5.41) is 4.31. The van der Waals surface area contributed by atoms with Gasteiger partial charge in [-0.05, 0) is 30.3 Å². The van der Waals surface area contributed by atoms with E-state index in [1.165, 1.54) is 0 Å². The molecule has 27 heavy (non-hydrogen) atoms. The normalized spacial score (nSPS) is 18.2. The molecule has 142 valence electrons. The Kier molecular flexibility index (Phi) is 7.41. The van der Waals surface area contributed by atoms with Crippen molar-refractivity contribution in [3.8, 4) is 0 Å². The van der Waals surface area contributed by atoms with Crippen molar-refractivity contribution in [3.63, 3.8) is 0 Å². The van der Waals surface area contributed by atoms with Crippen LogP contribution >= 0.6 is 23.2 Å². The minimum Gasteiger partial charge on any atom is -0.315 e. The lowest BCUT2D eigenvalue weighted by Crippen LogP contribution is -2.42. The molecule has 0 saturated carbocycles. The molecule has 4 nitrogen and oxygen atoms in total. The van der Waals surface area contributed by atoms with Crippen molar-refractivity contribution in [2.75, 3.05) is 33.2 Å². The van der Waals surface area contributed by atoms with Gasteiger partial charge in [0.2, 0.25) is 0 Å². The molecule has 2 aromatic heterocycles. The highest BCUT2D eigenvalue weighted by Gasteiger charge is 2.19. The van der Waals surface area contributed by atoms with E-state index in [2.05, 4.69) is 51.5 Å². The molecule has 0 atom stereocenters. The maximum Gasteiger partial charge on any atom is 0.129 e. The fraction of sp³-hybridized carbons (Fsp3) is 0.333. The second-order valence-corrected chi connectivity index (χ2v) is 7.72. The van der Waals surface area contributed by atoms with Gasteiger partial charge in [-0.2, -0.15) is 0 Å². The summed E-state index contributed by atoms with van der Waals surface area (Å²) in [5.74, 6) is 1.39. The first-order valence-corrected chi connectivity index (χ1v) is 9.83. The monoisotopic (exact) mass is 402 g/mol. The molecule has 0 aliphatic carbocycles. The maximum absolute atomic E-state index is 5.69. The van der Waals surface area contributed by atoms with E-state index < -0.39 is 0 Å². The Bertz CT molecular complexity index is 762. The number of pyridine rings is 2. The van der Waals surface area contributed by atoms with Gasteiger partial charge in [0.05, 0.1) is 0 Å². The fourth-order valence-electron chi connectivity index (χ4n) is 2.78. The average molecular weight is 403 g/mol. The van der Waals surface area contributed by atoms with Gasteiger partial charge < -0.3 is 10.2 Å². The molecular formula is C21H24Cl2N4. The van der Waals surface area contributed by atoms with Crippen LogP contribution in [0.25, 0.3) is 12.2 Å². The van der Waals surface area contributed by atoms with E-state index in [0.29, 0.717) is 22.1 Å². The Morgan fingerprint density at radius 2 is 1.41 bits per heavy atom. The maximum atomic E-state index is 5.69. The zero-order valence-corrected chi connectivity index (χ0v) is 16.9. The third-order valence-corrected chi connectivity index (χ3v) is 4.97. The number of halogens is 2. The number of hydrogen-bond acceptors (Lipinski definition) is 4. The summed E-state index contributed by atoms with van der Waals surface area (Å²) < 4.78 is 0. The minimum atomic E-state index is 0.544. The lowest BCUT2D eigenvalue weighted by molar-refractivity contribution is 0.170. The summed E-state index contributed by atoms with van der Waals surface area (Å²) in [5.41, 5.74) is 2.22. The number of likely N-dealkylation sites (tertiary alicyclic amines) is 1. The smallest absolute Gasteiger partial charge is 0.129 e. The van der Waals surface area contributed by atoms with Crippen LogP contribution in [0.4, 0.5) is 0 Å². The molecule has 0 amide bonds. The lowest BCUT2D eigenvalue weighted by atomic mass is 10.00. The van der Waals surface area contributed by atoms with Gasteiger partial charge in [-0.1, -0.05) is 59.6 Å². The first kappa shape index (κ1) is 20.0. The van der Waals surface area contributed by atoms with Crippen molar-refractivity contribution >= 4 is 35.4 Å². The van der Waals surface area contributed by atoms with Crippen molar-refractivity contribution in [2.24, 2.45) is 11.8 Å². The van der Waals surface area contributed by atoms with E-state index >= 15 is 0 Å². The highest BCUT2D eigenvalue weighted by Crippen LogP contribution is 2.16. The van der Waals surface area contributed by atoms with E-state index in [1.807, 2.05) is 18.2 Å². The molecule has 0 aromatic carbocycles. The summed E-state index contributed by atoms with van der Waals surface area (Å²) in [6.07, 6.45) is 12.2. The minimum absolute atomic E-state index is 0.544. The molecule has 0 bridgehead atoms. The van der Waals surface area contributed by atoms with Crippen LogP contribution in [-0.4, -0.2) is 48.1 Å². The van der Waals surface area contributed by atoms with Crippen LogP contribution < -0.4 is 5.32 Å². The zero-order chi connectivity index (χ0) is 19.1. The largest absolute Gasteiger partial charge is 0.315 e. The molecule has 0 radical (unpaired) electrons. The van der Waals surface area contributed by atoms with E-state index in [1.54, 1.807) is 18.5 Å². The summed E-state index contributed by atoms with van der Waals surface area (Å²) in [6, 6.07) is 7.57. The quantitative estimate of drug-likeness (QED) is 0.774. The van der Waals surface area contributed by atoms with E-state index in [0.717, 1.165) is 37.3 Å². The van der Waals surface area contributed by atoms with Crippen LogP contribution in [0.2, 0.25) is 10.3 Å². The second-order valence-electron chi connectivity index (χ2n) is 6.95. The Balaban J connectivity index is 0.000000156. The first-order chi connectivity index (χ1) is 13.1. The molecule has 0 unspecified atom stereocenters. The van der Waals surface area contributed by atoms with Gasteiger partial charge in [0.15, 0.2) is 0 Å². The van der Waals surface area contributed by atoms with Gasteiger partial charge in [0.25, 0.3) is 0 Å². The Labute approximate surface area is 170 Å². The van der Waals surface area contributed by atoms with Gasteiger partial charge >= 0.3 is 0 Å². The summed E-state index contributed by atoms with van der Waals surface area (Å²) in [4.78, 5) is 10.3. The SMILES string of the molecule is CN1CC(/C=C/c2ccc(Cl)nc2)C1.Clc1ccc(/C=C/C2CNC2)cn1. The molecule has 2 aliphatic rings. The van der Waals surface area contributed by atoms with Crippen molar-refractivity contribution in [1.29, 1.82) is 0 Å². The van der Waals surface area contributed by atoms with Crippen molar-refractivity contribution in [2.45, 2.75) is 0 Å². The van der Waals surface area contributed by atoms with Gasteiger partial charge in [-0.3, -0.25) is 0 Å². The van der Waals surface area contributed by atoms with Crippen molar-refractivity contribution in [1.82, 2.24) is 20.2 Å². The number of aromatic nitrogens is 2. The predicted molar refractivity (Wildman–Crippen MR) is 114 cm³/mol. The standard InChI is InChI=1S/C11H13ClN2.C10H11ClN2/c1-14-7-10(8-14)3-2-9-4-5-11(12)13-6-9;11-10-4-3-8(7-13-10)1-2-9-5-12-6-9/h2-6,10H,7-8H2,1H3;1-4,7,9,12H,5-6H2/b3-2+;2-1+. The van der Waals surface area contributed by atoms with Crippen LogP contribution in [0.5, 0.6) is 0 Å².